The largest absolute Gasteiger partial charge is 0.478 e. The van der Waals surface area contributed by atoms with Gasteiger partial charge in [-0.15, -0.1) is 0 Å². The summed E-state index contributed by atoms with van der Waals surface area (Å²) in [6, 6.07) is 0. The Balaban J connectivity index is -0.0000000608. The Hall–Kier alpha value is -3.32. The summed E-state index contributed by atoms with van der Waals surface area (Å²) in [7, 11) is 0. The third-order valence-electron chi connectivity index (χ3n) is 1.44. The molecule has 0 aliphatic carbocycles. The van der Waals surface area contributed by atoms with Crippen molar-refractivity contribution in [3.05, 3.63) is 49.6 Å². The lowest BCUT2D eigenvalue weighted by Crippen LogP contribution is -2.03. The van der Waals surface area contributed by atoms with Crippen LogP contribution in [-0.4, -0.2) is 90.7 Å². The zero-order chi connectivity index (χ0) is 26.6. The lowest BCUT2D eigenvalue weighted by atomic mass is 10.4. The topological polar surface area (TPSA) is 230 Å². The first-order valence-electron chi connectivity index (χ1n) is 8.00. The van der Waals surface area contributed by atoms with Crippen LogP contribution in [-0.2, 0) is 19.2 Å². The van der Waals surface area contributed by atoms with Crippen molar-refractivity contribution >= 4 is 23.9 Å². The lowest BCUT2D eigenvalue weighted by Gasteiger charge is -1.90. The fourth-order valence-corrected chi connectivity index (χ4v) is 0. The molecule has 0 fully saturated rings. The number of carboxylic acid groups (broad SMARTS) is 4. The summed E-state index contributed by atoms with van der Waals surface area (Å²) in [4.78, 5) is 37.7. The van der Waals surface area contributed by atoms with Gasteiger partial charge in [-0.3, -0.25) is 0 Å². The van der Waals surface area contributed by atoms with Crippen LogP contribution in [0.25, 0.3) is 0 Å². The first-order chi connectivity index (χ1) is 14.0. The van der Waals surface area contributed by atoms with Gasteiger partial charge in [0.2, 0.25) is 0 Å². The van der Waals surface area contributed by atoms with Crippen LogP contribution in [0.3, 0.4) is 0 Å². The molecular weight excluding hydrogens is 420 g/mol. The quantitative estimate of drug-likeness (QED) is 0.250. The molecule has 0 saturated heterocycles. The molecule has 12 heteroatoms. The van der Waals surface area contributed by atoms with Crippen LogP contribution in [0.4, 0.5) is 0 Å². The molecule has 0 aromatic rings. The van der Waals surface area contributed by atoms with Gasteiger partial charge in [0.25, 0.3) is 0 Å². The van der Waals surface area contributed by atoms with E-state index in [2.05, 4.69) is 26.3 Å². The Morgan fingerprint density at radius 2 is 0.871 bits per heavy atom. The molecule has 8 N–H and O–H groups in total. The van der Waals surface area contributed by atoms with Gasteiger partial charge in [-0.1, -0.05) is 26.3 Å². The molecule has 0 amide bonds. The highest BCUT2D eigenvalue weighted by molar-refractivity contribution is 5.85. The van der Waals surface area contributed by atoms with E-state index in [1.165, 1.54) is 20.8 Å². The molecule has 0 bridgehead atoms. The third kappa shape index (κ3) is 119. The molecule has 12 nitrogen and oxygen atoms in total. The highest BCUT2D eigenvalue weighted by Crippen LogP contribution is 1.81. The summed E-state index contributed by atoms with van der Waals surface area (Å²) in [5.41, 5.74) is 0.352. The Morgan fingerprint density at radius 3 is 0.871 bits per heavy atom. The van der Waals surface area contributed by atoms with Gasteiger partial charge < -0.3 is 40.9 Å². The van der Waals surface area contributed by atoms with Gasteiger partial charge >= 0.3 is 23.9 Å². The van der Waals surface area contributed by atoms with E-state index in [1.54, 1.807) is 0 Å². The van der Waals surface area contributed by atoms with Crippen molar-refractivity contribution in [2.24, 2.45) is 0 Å². The van der Waals surface area contributed by atoms with E-state index in [-0.39, 0.29) is 31.0 Å². The van der Waals surface area contributed by atoms with Crippen LogP contribution in [0.15, 0.2) is 49.6 Å². The molecule has 1 unspecified atom stereocenters. The molecule has 0 heterocycles. The van der Waals surface area contributed by atoms with E-state index in [0.29, 0.717) is 0 Å². The Morgan fingerprint density at radius 1 is 0.742 bits per heavy atom. The van der Waals surface area contributed by atoms with E-state index in [9.17, 15) is 19.2 Å². The van der Waals surface area contributed by atoms with E-state index >= 15 is 0 Å². The Kier molecular flexibility index (Phi) is 46.3. The highest BCUT2D eigenvalue weighted by Gasteiger charge is 1.90. The number of rotatable bonds is 6. The average Bonchev–Trinajstić information content (AvgIpc) is 2.69. The minimum Gasteiger partial charge on any atom is -0.478 e. The van der Waals surface area contributed by atoms with Gasteiger partial charge in [0.1, 0.15) is 0 Å². The second kappa shape index (κ2) is 34.2. The van der Waals surface area contributed by atoms with Gasteiger partial charge in [0.05, 0.1) is 25.9 Å². The lowest BCUT2D eigenvalue weighted by molar-refractivity contribution is -0.133. The molecular formula is C19H34O12. The highest BCUT2D eigenvalue weighted by atomic mass is 16.4. The van der Waals surface area contributed by atoms with Crippen molar-refractivity contribution in [3.63, 3.8) is 0 Å². The van der Waals surface area contributed by atoms with Gasteiger partial charge in [0.15, 0.2) is 0 Å². The minimum absolute atomic E-state index is 0.125. The fourth-order valence-electron chi connectivity index (χ4n) is 0. The number of carbonyl (C=O) groups is 4. The molecule has 0 aromatic carbocycles. The van der Waals surface area contributed by atoms with Crippen LogP contribution in [0.2, 0.25) is 0 Å². The molecule has 0 spiro atoms. The molecule has 0 saturated carbocycles. The number of aliphatic hydroxyl groups is 4. The van der Waals surface area contributed by atoms with E-state index < -0.39 is 30.0 Å². The average molecular weight is 454 g/mol. The smallest absolute Gasteiger partial charge is 0.330 e. The minimum atomic E-state index is -0.981. The van der Waals surface area contributed by atoms with Crippen LogP contribution < -0.4 is 0 Å². The summed E-state index contributed by atoms with van der Waals surface area (Å²) in [5, 5.41) is 62.2. The predicted molar refractivity (Wildman–Crippen MR) is 114 cm³/mol. The Bertz CT molecular complexity index is 468. The summed E-state index contributed by atoms with van der Waals surface area (Å²) in [5.74, 6) is -3.83. The molecule has 0 radical (unpaired) electrons. The number of hydrogen-bond donors (Lipinski definition) is 8. The third-order valence-corrected chi connectivity index (χ3v) is 1.44. The SMILES string of the molecule is C=C(C)C(=O)O.C=C(C)C(=O)O.C=CC(=O)O.C=CC(=O)O.CC(O)CO.OCCO. The number of aliphatic carboxylic acids is 4. The summed E-state index contributed by atoms with van der Waals surface area (Å²) < 4.78 is 0. The summed E-state index contributed by atoms with van der Waals surface area (Å²) in [6.45, 7) is 16.3. The van der Waals surface area contributed by atoms with Gasteiger partial charge in [0, 0.05) is 23.3 Å². The van der Waals surface area contributed by atoms with Gasteiger partial charge in [-0.25, -0.2) is 19.2 Å². The molecule has 0 aliphatic heterocycles. The first-order valence-corrected chi connectivity index (χ1v) is 8.00. The van der Waals surface area contributed by atoms with Crippen LogP contribution in [0, 0.1) is 0 Å². The maximum absolute atomic E-state index is 9.60. The van der Waals surface area contributed by atoms with E-state index in [0.717, 1.165) is 12.2 Å². The monoisotopic (exact) mass is 454 g/mol. The summed E-state index contributed by atoms with van der Waals surface area (Å²) in [6.07, 6.45) is 1.11. The number of carboxylic acids is 4. The van der Waals surface area contributed by atoms with Crippen LogP contribution in [0.5, 0.6) is 0 Å². The van der Waals surface area contributed by atoms with Crippen molar-refractivity contribution < 1.29 is 60.0 Å². The van der Waals surface area contributed by atoms with Crippen molar-refractivity contribution in [3.8, 4) is 0 Å². The number of hydrogen-bond acceptors (Lipinski definition) is 8. The molecule has 0 aromatic heterocycles. The zero-order valence-corrected chi connectivity index (χ0v) is 17.9. The van der Waals surface area contributed by atoms with Gasteiger partial charge in [-0.05, 0) is 20.8 Å². The van der Waals surface area contributed by atoms with Gasteiger partial charge in [-0.2, -0.15) is 0 Å². The fraction of sp³-hybridized carbons (Fsp3) is 0.368. The van der Waals surface area contributed by atoms with Crippen molar-refractivity contribution in [2.75, 3.05) is 19.8 Å². The maximum atomic E-state index is 9.60. The van der Waals surface area contributed by atoms with Crippen LogP contribution >= 0.6 is 0 Å². The second-order valence-electron chi connectivity index (χ2n) is 4.73. The molecule has 31 heavy (non-hydrogen) atoms. The van der Waals surface area contributed by atoms with Crippen molar-refractivity contribution in [2.45, 2.75) is 26.9 Å². The van der Waals surface area contributed by atoms with Crippen LogP contribution in [0.1, 0.15) is 20.8 Å². The molecule has 0 rings (SSSR count). The second-order valence-corrected chi connectivity index (χ2v) is 4.73. The molecule has 0 aliphatic rings. The number of aliphatic hydroxyl groups excluding tert-OH is 4. The molecule has 182 valence electrons. The first kappa shape index (κ1) is 41.9. The Labute approximate surface area is 181 Å². The molecule has 1 atom stereocenters. The predicted octanol–water partition coefficient (Wildman–Crippen LogP) is 0.139. The van der Waals surface area contributed by atoms with E-state index in [1.807, 2.05) is 0 Å². The zero-order valence-electron chi connectivity index (χ0n) is 17.9. The van der Waals surface area contributed by atoms with Crippen molar-refractivity contribution in [1.82, 2.24) is 0 Å². The standard InChI is InChI=1S/2C4H6O2.C3H8O2.2C3H4O2.C2H6O2/c2*1-3(2)4(5)6;1-3(5)2-4;2*1-2-3(4)5;3-1-2-4/h2*1H2,2H3,(H,5,6);3-5H,2H2,1H3;2*2H,1H2,(H,4,5);3-4H,1-2H2. The maximum Gasteiger partial charge on any atom is 0.330 e. The van der Waals surface area contributed by atoms with Crippen molar-refractivity contribution in [1.29, 1.82) is 0 Å². The van der Waals surface area contributed by atoms with E-state index in [4.69, 9.17) is 40.9 Å². The summed E-state index contributed by atoms with van der Waals surface area (Å²) >= 11 is 0. The normalized spacial score (nSPS) is 8.35.